The minimum Gasteiger partial charge on any atom is -0.350 e. The predicted octanol–water partition coefficient (Wildman–Crippen LogP) is 9.25. The van der Waals surface area contributed by atoms with E-state index >= 15 is 0 Å². The average Bonchev–Trinajstić information content (AvgIpc) is 4.03. The second-order valence-corrected chi connectivity index (χ2v) is 18.4. The molecule has 6 aromatic carbocycles. The van der Waals surface area contributed by atoms with Crippen molar-refractivity contribution in [2.75, 3.05) is 9.80 Å². The van der Waals surface area contributed by atoms with Crippen LogP contribution in [-0.2, 0) is 19.2 Å². The average molecular weight is 981 g/mol. The van der Waals surface area contributed by atoms with Gasteiger partial charge in [0.15, 0.2) is 0 Å². The summed E-state index contributed by atoms with van der Waals surface area (Å²) in [4.78, 5) is 54.7. The highest BCUT2D eigenvalue weighted by Crippen LogP contribution is 2.42. The van der Waals surface area contributed by atoms with E-state index in [0.717, 1.165) is 21.8 Å². The summed E-state index contributed by atoms with van der Waals surface area (Å²) in [5.41, 5.74) is 5.40. The van der Waals surface area contributed by atoms with Crippen molar-refractivity contribution in [3.8, 4) is 11.4 Å². The molecule has 2 aromatic heterocycles. The third kappa shape index (κ3) is 8.92. The van der Waals surface area contributed by atoms with Crippen LogP contribution in [0.5, 0.6) is 0 Å². The second-order valence-electron chi connectivity index (χ2n) is 18.4. The van der Waals surface area contributed by atoms with Crippen molar-refractivity contribution in [3.05, 3.63) is 180 Å². The first-order chi connectivity index (χ1) is 34.8. The monoisotopic (exact) mass is 980 g/mol. The molecule has 8 atom stereocenters. The van der Waals surface area contributed by atoms with Gasteiger partial charge in [-0.2, -0.15) is 10.2 Å². The van der Waals surface area contributed by atoms with E-state index in [0.29, 0.717) is 33.9 Å². The molecule has 2 saturated heterocycles. The predicted molar refractivity (Wildman–Crippen MR) is 254 cm³/mol. The van der Waals surface area contributed by atoms with E-state index in [-0.39, 0.29) is 49.1 Å². The van der Waals surface area contributed by atoms with Gasteiger partial charge in [0.25, 0.3) is 0 Å². The van der Waals surface area contributed by atoms with Crippen molar-refractivity contribution in [2.45, 2.75) is 62.2 Å². The van der Waals surface area contributed by atoms with Crippen molar-refractivity contribution in [2.24, 2.45) is 11.8 Å². The summed E-state index contributed by atoms with van der Waals surface area (Å²) in [6.07, 6.45) is 1.45. The SMILES string of the molecule is O=C(N[C@@H]1CC(=O)N(c2ccc3c(cnn3-c3ccc(F)cc3)c2)[C@H]1c1ccc(F)cc1)[C@H]1C[C@H]1F.O=C(N[C@H]1CC(=O)N(c2ccc3c(cnn3-c3ccc(F)cc3)c2)[C@@H]1c1ccc(F)cc1)[C@H]1C[C@H]1F. The molecule has 72 heavy (non-hydrogen) atoms. The molecule has 18 heteroatoms. The molecule has 0 bridgehead atoms. The number of alkyl halides is 2. The fourth-order valence-electron chi connectivity index (χ4n) is 9.78. The Balaban J connectivity index is 0.000000156. The van der Waals surface area contributed by atoms with Crippen LogP contribution in [0.2, 0.25) is 0 Å². The fraction of sp³-hybridized carbons (Fsp3) is 0.222. The van der Waals surface area contributed by atoms with E-state index in [1.165, 1.54) is 48.5 Å². The number of halogens is 6. The molecule has 8 aromatic rings. The van der Waals surface area contributed by atoms with Crippen molar-refractivity contribution in [1.82, 2.24) is 30.2 Å². The first kappa shape index (κ1) is 46.1. The summed E-state index contributed by atoms with van der Waals surface area (Å²) in [5, 5.41) is 16.0. The Kier molecular flexibility index (Phi) is 11.8. The number of carbonyl (C=O) groups is 4. The Bertz CT molecular complexity index is 3160. The highest BCUT2D eigenvalue weighted by atomic mass is 19.2. The summed E-state index contributed by atoms with van der Waals surface area (Å²) in [6.45, 7) is 0. The van der Waals surface area contributed by atoms with E-state index in [1.54, 1.807) is 92.2 Å². The van der Waals surface area contributed by atoms with Crippen molar-refractivity contribution < 1.29 is 45.5 Å². The Hall–Kier alpha value is -8.28. The Morgan fingerprint density at radius 1 is 0.472 bits per heavy atom. The normalized spacial score (nSPS) is 23.3. The first-order valence-corrected chi connectivity index (χ1v) is 23.3. The zero-order chi connectivity index (χ0) is 49.9. The summed E-state index contributed by atoms with van der Waals surface area (Å²) < 4.78 is 84.3. The van der Waals surface area contributed by atoms with Crippen molar-refractivity contribution in [3.63, 3.8) is 0 Å². The highest BCUT2D eigenvalue weighted by Gasteiger charge is 2.49. The van der Waals surface area contributed by atoms with Crippen molar-refractivity contribution in [1.29, 1.82) is 0 Å². The first-order valence-electron chi connectivity index (χ1n) is 23.3. The van der Waals surface area contributed by atoms with Gasteiger partial charge in [0.1, 0.15) is 35.6 Å². The molecule has 12 nitrogen and oxygen atoms in total. The van der Waals surface area contributed by atoms with Crippen LogP contribution < -0.4 is 20.4 Å². The number of fused-ring (bicyclic) bond motifs is 2. The second kappa shape index (κ2) is 18.5. The standard InChI is InChI=1S/2C27H21F3N4O2/c2*28-17-3-1-15(2-4-17)26-23(32-27(36)21-12-22(21)30)13-25(35)33(26)20-9-10-24-16(11-20)14-31-34(24)19-7-5-18(29)6-8-19/h2*1-11,14,21-23,26H,12-13H2,(H,32,36)/t21-,22+,23+,26-;21-,22+,23-,26+/m00/s1. The van der Waals surface area contributed by atoms with Crippen LogP contribution in [0, 0.1) is 35.1 Å². The van der Waals surface area contributed by atoms with Crippen LogP contribution >= 0.6 is 0 Å². The number of benzene rings is 6. The molecule has 4 aliphatic rings. The lowest BCUT2D eigenvalue weighted by Gasteiger charge is -2.29. The number of rotatable bonds is 10. The third-order valence-electron chi connectivity index (χ3n) is 13.6. The lowest BCUT2D eigenvalue weighted by atomic mass is 9.99. The lowest BCUT2D eigenvalue weighted by Crippen LogP contribution is -2.41. The molecule has 2 saturated carbocycles. The Morgan fingerprint density at radius 2 is 0.792 bits per heavy atom. The largest absolute Gasteiger partial charge is 0.350 e. The van der Waals surface area contributed by atoms with E-state index in [1.807, 2.05) is 24.3 Å². The molecule has 364 valence electrons. The van der Waals surface area contributed by atoms with E-state index < -0.39 is 71.8 Å². The van der Waals surface area contributed by atoms with Crippen LogP contribution in [0.1, 0.15) is 48.9 Å². The molecule has 0 unspecified atom stereocenters. The maximum absolute atomic E-state index is 13.7. The maximum atomic E-state index is 13.7. The van der Waals surface area contributed by atoms with Gasteiger partial charge < -0.3 is 20.4 Å². The fourth-order valence-corrected chi connectivity index (χ4v) is 9.78. The van der Waals surface area contributed by atoms with Gasteiger partial charge in [0.2, 0.25) is 23.6 Å². The summed E-state index contributed by atoms with van der Waals surface area (Å²) in [5.74, 6) is -4.14. The summed E-state index contributed by atoms with van der Waals surface area (Å²) in [6, 6.07) is 32.0. The van der Waals surface area contributed by atoms with E-state index in [2.05, 4.69) is 20.8 Å². The molecular formula is C54H42F6N8O4. The van der Waals surface area contributed by atoms with Gasteiger partial charge in [-0.05, 0) is 133 Å². The minimum absolute atomic E-state index is 0.0321. The van der Waals surface area contributed by atoms with E-state index in [4.69, 9.17) is 0 Å². The van der Waals surface area contributed by atoms with Crippen molar-refractivity contribution >= 4 is 56.8 Å². The molecule has 2 aliphatic heterocycles. The molecular weight excluding hydrogens is 939 g/mol. The molecule has 0 spiro atoms. The van der Waals surface area contributed by atoms with Crippen LogP contribution in [0.3, 0.4) is 0 Å². The third-order valence-corrected chi connectivity index (χ3v) is 13.6. The molecule has 12 rings (SSSR count). The van der Waals surface area contributed by atoms with Gasteiger partial charge in [-0.3, -0.25) is 19.2 Å². The van der Waals surface area contributed by atoms with Gasteiger partial charge in [0, 0.05) is 35.0 Å². The molecule has 4 fully saturated rings. The number of anilines is 2. The molecule has 0 radical (unpaired) electrons. The maximum Gasteiger partial charge on any atom is 0.229 e. The van der Waals surface area contributed by atoms with Crippen LogP contribution in [0.15, 0.2) is 146 Å². The number of aromatic nitrogens is 4. The lowest BCUT2D eigenvalue weighted by molar-refractivity contribution is -0.124. The number of nitrogens with one attached hydrogen (secondary N) is 2. The van der Waals surface area contributed by atoms with Crippen LogP contribution in [0.25, 0.3) is 33.2 Å². The Labute approximate surface area is 406 Å². The smallest absolute Gasteiger partial charge is 0.229 e. The quantitative estimate of drug-likeness (QED) is 0.131. The molecule has 2 N–H and O–H groups in total. The molecule has 4 amide bonds. The number of carbonyl (C=O) groups excluding carboxylic acids is 4. The molecule has 2 aliphatic carbocycles. The zero-order valence-corrected chi connectivity index (χ0v) is 37.9. The van der Waals surface area contributed by atoms with E-state index in [9.17, 15) is 45.5 Å². The highest BCUT2D eigenvalue weighted by molar-refractivity contribution is 6.01. The summed E-state index contributed by atoms with van der Waals surface area (Å²) >= 11 is 0. The Morgan fingerprint density at radius 3 is 1.12 bits per heavy atom. The number of nitrogens with zero attached hydrogens (tertiary/aromatic N) is 6. The van der Waals surface area contributed by atoms with Gasteiger partial charge >= 0.3 is 0 Å². The minimum atomic E-state index is -1.15. The number of hydrogen-bond acceptors (Lipinski definition) is 6. The van der Waals surface area contributed by atoms with Crippen LogP contribution in [-0.4, -0.2) is 67.6 Å². The number of hydrogen-bond donors (Lipinski definition) is 2. The zero-order valence-electron chi connectivity index (χ0n) is 37.9. The summed E-state index contributed by atoms with van der Waals surface area (Å²) in [7, 11) is 0. The van der Waals surface area contributed by atoms with Gasteiger partial charge in [-0.25, -0.2) is 35.7 Å². The van der Waals surface area contributed by atoms with Gasteiger partial charge in [-0.1, -0.05) is 24.3 Å². The molecule has 4 heterocycles. The topological polar surface area (TPSA) is 134 Å². The number of amides is 4. The van der Waals surface area contributed by atoms with Gasteiger partial charge in [0.05, 0.1) is 70.8 Å². The van der Waals surface area contributed by atoms with Gasteiger partial charge in [-0.15, -0.1) is 0 Å². The van der Waals surface area contributed by atoms with Crippen LogP contribution in [0.4, 0.5) is 37.7 Å².